The van der Waals surface area contributed by atoms with Crippen molar-refractivity contribution in [3.05, 3.63) is 107 Å². The Hall–Kier alpha value is -3.82. The van der Waals surface area contributed by atoms with E-state index in [9.17, 15) is 38.8 Å². The maximum Gasteiger partial charge on any atom is 0.233 e. The Morgan fingerprint density at radius 1 is 0.911 bits per heavy atom. The van der Waals surface area contributed by atoms with Gasteiger partial charge in [0.25, 0.3) is 0 Å². The summed E-state index contributed by atoms with van der Waals surface area (Å²) in [5, 5.41) is 48.4. The lowest BCUT2D eigenvalue weighted by Crippen LogP contribution is -2.55. The number of carbonyl (C=O) groups is 2. The van der Waals surface area contributed by atoms with Crippen molar-refractivity contribution >= 4 is 31.9 Å². The van der Waals surface area contributed by atoms with Gasteiger partial charge < -0.3 is 39.8 Å². The minimum absolute atomic E-state index is 0.0558. The van der Waals surface area contributed by atoms with Gasteiger partial charge in [-0.05, 0) is 96.9 Å². The molecular formula is C43H58F2N2O8Si. The van der Waals surface area contributed by atoms with Gasteiger partial charge in [-0.15, -0.1) is 0 Å². The van der Waals surface area contributed by atoms with Crippen LogP contribution in [0.25, 0.3) is 6.08 Å². The minimum atomic E-state index is -2.24. The molecule has 0 spiro atoms. The number of likely N-dealkylation sites (N-methyl/N-ethyl adjacent to an activating group) is 1. The lowest BCUT2D eigenvalue weighted by molar-refractivity contribution is -0.138. The standard InChI is InChI=1S/C43H58F2N2O8Si/c1-43(2,3)56(5,6)55-37(29-16-18-31(44)19-17-29)25-24-34-39(47(42(34)54)33-22-20-32(45)21-23-33)30-14-12-28(13-15-30)10-8-7-9-11-38(51)46(4)26-35(49)40(52)41(53)36(50)27-48/h8,10,12-23,34-37,39-41,48-50,52-53H,7,9,11,24-27H2,1-6H3. The summed E-state index contributed by atoms with van der Waals surface area (Å²) in [5.41, 5.74) is 3.33. The van der Waals surface area contributed by atoms with Gasteiger partial charge in [-0.25, -0.2) is 8.78 Å². The zero-order valence-corrected chi connectivity index (χ0v) is 34.2. The van der Waals surface area contributed by atoms with Crippen molar-refractivity contribution in [3.8, 4) is 0 Å². The lowest BCUT2D eigenvalue weighted by Gasteiger charge is -2.48. The van der Waals surface area contributed by atoms with Crippen molar-refractivity contribution in [1.82, 2.24) is 4.90 Å². The van der Waals surface area contributed by atoms with Crippen molar-refractivity contribution < 1.29 is 48.3 Å². The fourth-order valence-electron chi connectivity index (χ4n) is 6.57. The highest BCUT2D eigenvalue weighted by atomic mass is 28.4. The Kier molecular flexibility index (Phi) is 15.7. The molecule has 1 aliphatic heterocycles. The number of nitrogens with zero attached hydrogens (tertiary/aromatic N) is 2. The van der Waals surface area contributed by atoms with Crippen LogP contribution in [0.2, 0.25) is 18.1 Å². The van der Waals surface area contributed by atoms with Gasteiger partial charge in [0.05, 0.1) is 24.7 Å². The molecule has 0 bridgehead atoms. The number of hydrogen-bond donors (Lipinski definition) is 5. The van der Waals surface area contributed by atoms with E-state index in [2.05, 4.69) is 33.9 Å². The highest BCUT2D eigenvalue weighted by Crippen LogP contribution is 2.48. The predicted octanol–water partition coefficient (Wildman–Crippen LogP) is 6.29. The SMILES string of the molecule is CN(CC(O)C(O)C(O)C(O)CO)C(=O)CCCC=Cc1ccc(C2C(CCC(O[Si](C)(C)C(C)(C)C)c3ccc(F)cc3)C(=O)N2c2ccc(F)cc2)cc1. The molecule has 0 aliphatic carbocycles. The number of aliphatic hydroxyl groups is 5. The van der Waals surface area contributed by atoms with Crippen LogP contribution in [0, 0.1) is 17.6 Å². The Morgan fingerprint density at radius 3 is 2.05 bits per heavy atom. The molecule has 3 aromatic carbocycles. The van der Waals surface area contributed by atoms with Crippen LogP contribution in [0.5, 0.6) is 0 Å². The summed E-state index contributed by atoms with van der Waals surface area (Å²) in [4.78, 5) is 29.4. The number of β-lactam (4-membered cyclic amide) rings is 1. The number of amides is 2. The average Bonchev–Trinajstić information content (AvgIpc) is 3.16. The molecule has 7 atom stereocenters. The summed E-state index contributed by atoms with van der Waals surface area (Å²) in [5.74, 6) is -1.40. The first-order valence-corrected chi connectivity index (χ1v) is 22.1. The molecule has 7 unspecified atom stereocenters. The fourth-order valence-corrected chi connectivity index (χ4v) is 7.89. The van der Waals surface area contributed by atoms with Gasteiger partial charge in [0, 0.05) is 25.7 Å². The van der Waals surface area contributed by atoms with E-state index < -0.39 is 45.2 Å². The quantitative estimate of drug-likeness (QED) is 0.0540. The summed E-state index contributed by atoms with van der Waals surface area (Å²) in [6, 6.07) is 19.9. The minimum Gasteiger partial charge on any atom is -0.410 e. The molecule has 306 valence electrons. The maximum atomic E-state index is 13.9. The monoisotopic (exact) mass is 796 g/mol. The molecule has 5 N–H and O–H groups in total. The molecule has 3 aromatic rings. The first-order valence-electron chi connectivity index (χ1n) is 19.2. The van der Waals surface area contributed by atoms with Crippen molar-refractivity contribution in [2.24, 2.45) is 5.92 Å². The first-order chi connectivity index (χ1) is 26.3. The number of allylic oxidation sites excluding steroid dienone is 1. The summed E-state index contributed by atoms with van der Waals surface area (Å²) >= 11 is 0. The molecule has 0 saturated carbocycles. The Bertz CT molecular complexity index is 1750. The second-order valence-corrected chi connectivity index (χ2v) is 21.0. The van der Waals surface area contributed by atoms with Crippen LogP contribution in [-0.4, -0.2) is 95.2 Å². The van der Waals surface area contributed by atoms with Gasteiger partial charge in [-0.1, -0.05) is 69.3 Å². The zero-order valence-electron chi connectivity index (χ0n) is 33.2. The van der Waals surface area contributed by atoms with Gasteiger partial charge in [0.15, 0.2) is 8.32 Å². The van der Waals surface area contributed by atoms with Gasteiger partial charge in [0.2, 0.25) is 11.8 Å². The van der Waals surface area contributed by atoms with E-state index in [0.717, 1.165) is 16.7 Å². The second-order valence-electron chi connectivity index (χ2n) is 16.3. The average molecular weight is 797 g/mol. The number of halogens is 2. The molecule has 1 aliphatic rings. The van der Waals surface area contributed by atoms with Crippen LogP contribution < -0.4 is 4.90 Å². The largest absolute Gasteiger partial charge is 0.410 e. The molecule has 56 heavy (non-hydrogen) atoms. The number of carbonyl (C=O) groups excluding carboxylic acids is 2. The predicted molar refractivity (Wildman–Crippen MR) is 215 cm³/mol. The molecule has 13 heteroatoms. The molecule has 1 saturated heterocycles. The second kappa shape index (κ2) is 19.6. The molecule has 1 heterocycles. The normalized spacial score (nSPS) is 19.0. The van der Waals surface area contributed by atoms with Gasteiger partial charge in [0.1, 0.15) is 36.1 Å². The van der Waals surface area contributed by atoms with Crippen LogP contribution in [-0.2, 0) is 14.0 Å². The van der Waals surface area contributed by atoms with E-state index >= 15 is 0 Å². The zero-order chi connectivity index (χ0) is 41.4. The van der Waals surface area contributed by atoms with Gasteiger partial charge >= 0.3 is 0 Å². The third-order valence-electron chi connectivity index (χ3n) is 11.1. The third kappa shape index (κ3) is 11.4. The number of anilines is 1. The van der Waals surface area contributed by atoms with Crippen LogP contribution in [0.1, 0.15) is 81.7 Å². The molecule has 0 aromatic heterocycles. The van der Waals surface area contributed by atoms with Crippen LogP contribution in [0.4, 0.5) is 14.5 Å². The Balaban J connectivity index is 1.41. The van der Waals surface area contributed by atoms with E-state index in [1.165, 1.54) is 36.2 Å². The van der Waals surface area contributed by atoms with Crippen LogP contribution in [0.3, 0.4) is 0 Å². The van der Waals surface area contributed by atoms with E-state index in [-0.39, 0.29) is 53.7 Å². The van der Waals surface area contributed by atoms with Crippen LogP contribution in [0.15, 0.2) is 78.9 Å². The highest BCUT2D eigenvalue weighted by molar-refractivity contribution is 6.74. The van der Waals surface area contributed by atoms with Crippen molar-refractivity contribution in [1.29, 1.82) is 0 Å². The van der Waals surface area contributed by atoms with Gasteiger partial charge in [-0.3, -0.25) is 9.59 Å². The van der Waals surface area contributed by atoms with E-state index in [0.29, 0.717) is 31.4 Å². The summed E-state index contributed by atoms with van der Waals surface area (Å²) < 4.78 is 34.6. The molecule has 0 radical (unpaired) electrons. The highest BCUT2D eigenvalue weighted by Gasteiger charge is 2.49. The molecule has 2 amide bonds. The number of rotatable bonds is 19. The Morgan fingerprint density at radius 2 is 1.48 bits per heavy atom. The number of benzene rings is 3. The van der Waals surface area contributed by atoms with Gasteiger partial charge in [-0.2, -0.15) is 0 Å². The summed E-state index contributed by atoms with van der Waals surface area (Å²) in [6.45, 7) is 9.81. The topological polar surface area (TPSA) is 151 Å². The van der Waals surface area contributed by atoms with E-state index in [1.807, 2.05) is 36.4 Å². The Labute approximate surface area is 330 Å². The van der Waals surface area contributed by atoms with E-state index in [4.69, 9.17) is 9.53 Å². The smallest absolute Gasteiger partial charge is 0.233 e. The maximum absolute atomic E-state index is 13.9. The number of hydrogen-bond acceptors (Lipinski definition) is 8. The molecular weight excluding hydrogens is 739 g/mol. The van der Waals surface area contributed by atoms with Crippen molar-refractivity contribution in [3.63, 3.8) is 0 Å². The van der Waals surface area contributed by atoms with E-state index in [1.54, 1.807) is 29.2 Å². The van der Waals surface area contributed by atoms with Crippen molar-refractivity contribution in [2.75, 3.05) is 25.1 Å². The first kappa shape index (κ1) is 44.9. The summed E-state index contributed by atoms with van der Waals surface area (Å²) in [6.07, 6.45) is -0.671. The van der Waals surface area contributed by atoms with Crippen LogP contribution >= 0.6 is 0 Å². The fraction of sp³-hybridized carbons (Fsp3) is 0.488. The summed E-state index contributed by atoms with van der Waals surface area (Å²) in [7, 11) is -0.771. The van der Waals surface area contributed by atoms with Crippen molar-refractivity contribution in [2.45, 2.75) is 108 Å². The molecule has 10 nitrogen and oxygen atoms in total. The third-order valence-corrected chi connectivity index (χ3v) is 15.6. The number of unbranched alkanes of at least 4 members (excludes halogenated alkanes) is 1. The molecule has 1 fully saturated rings. The lowest BCUT2D eigenvalue weighted by atomic mass is 9.78. The molecule has 4 rings (SSSR count). The number of aliphatic hydroxyl groups excluding tert-OH is 5.